The molecule has 2 amide bonds. The quantitative estimate of drug-likeness (QED) is 0.734. The number of amides is 2. The van der Waals surface area contributed by atoms with Crippen LogP contribution in [-0.4, -0.2) is 30.4 Å². The Morgan fingerprint density at radius 2 is 1.83 bits per heavy atom. The molecule has 0 radical (unpaired) electrons. The van der Waals surface area contributed by atoms with Gasteiger partial charge >= 0.3 is 0 Å². The summed E-state index contributed by atoms with van der Waals surface area (Å²) in [6.45, 7) is 1.96. The molecule has 5 nitrogen and oxygen atoms in total. The minimum Gasteiger partial charge on any atom is -0.497 e. The molecule has 0 saturated heterocycles. The zero-order valence-electron chi connectivity index (χ0n) is 16.4. The van der Waals surface area contributed by atoms with Crippen LogP contribution in [0.15, 0.2) is 72.8 Å². The fourth-order valence-corrected chi connectivity index (χ4v) is 3.73. The molecular weight excluding hydrogens is 364 g/mol. The Balaban J connectivity index is 1.87. The van der Waals surface area contributed by atoms with E-state index in [2.05, 4.69) is 5.32 Å². The standard InChI is InChI=1S/C24H22N2O3/c1-16-11-12-21-20(13-16)23(17-7-4-3-5-8-17)26(15-22(27)25-21)24(28)18-9-6-10-19(14-18)29-2/h3-14,23H,15H2,1-2H3,(H,25,27)/t23-/m1/s1. The summed E-state index contributed by atoms with van der Waals surface area (Å²) in [5.74, 6) is 0.162. The van der Waals surface area contributed by atoms with Crippen molar-refractivity contribution < 1.29 is 14.3 Å². The van der Waals surface area contributed by atoms with E-state index in [-0.39, 0.29) is 24.4 Å². The number of nitrogens with one attached hydrogen (secondary N) is 1. The molecular formula is C24H22N2O3. The number of methoxy groups -OCH3 is 1. The number of anilines is 1. The first-order chi connectivity index (χ1) is 14.1. The van der Waals surface area contributed by atoms with Crippen LogP contribution in [0.1, 0.15) is 33.1 Å². The number of hydrogen-bond donors (Lipinski definition) is 1. The second-order valence-corrected chi connectivity index (χ2v) is 7.12. The predicted octanol–water partition coefficient (Wildman–Crippen LogP) is 4.19. The van der Waals surface area contributed by atoms with Crippen LogP contribution in [0.2, 0.25) is 0 Å². The van der Waals surface area contributed by atoms with E-state index in [0.717, 1.165) is 22.4 Å². The summed E-state index contributed by atoms with van der Waals surface area (Å²) >= 11 is 0. The molecule has 0 aromatic heterocycles. The smallest absolute Gasteiger partial charge is 0.255 e. The van der Waals surface area contributed by atoms with Gasteiger partial charge in [-0.05, 0) is 36.8 Å². The summed E-state index contributed by atoms with van der Waals surface area (Å²) in [7, 11) is 1.56. The van der Waals surface area contributed by atoms with Gasteiger partial charge in [0, 0.05) is 16.8 Å². The van der Waals surface area contributed by atoms with Gasteiger partial charge in [-0.3, -0.25) is 9.59 Å². The zero-order chi connectivity index (χ0) is 20.4. The third-order valence-corrected chi connectivity index (χ3v) is 5.09. The molecule has 0 unspecified atom stereocenters. The van der Waals surface area contributed by atoms with Crippen molar-refractivity contribution in [1.82, 2.24) is 4.90 Å². The minimum absolute atomic E-state index is 0.0384. The van der Waals surface area contributed by atoms with E-state index in [1.165, 1.54) is 0 Å². The molecule has 5 heteroatoms. The molecule has 1 N–H and O–H groups in total. The number of nitrogens with zero attached hydrogens (tertiary/aromatic N) is 1. The fourth-order valence-electron chi connectivity index (χ4n) is 3.73. The molecule has 3 aromatic rings. The summed E-state index contributed by atoms with van der Waals surface area (Å²) in [5.41, 5.74) is 4.13. The van der Waals surface area contributed by atoms with Crippen molar-refractivity contribution >= 4 is 17.5 Å². The van der Waals surface area contributed by atoms with E-state index in [9.17, 15) is 9.59 Å². The minimum atomic E-state index is -0.385. The van der Waals surface area contributed by atoms with E-state index >= 15 is 0 Å². The van der Waals surface area contributed by atoms with Gasteiger partial charge in [0.25, 0.3) is 5.91 Å². The number of carbonyl (C=O) groups excluding carboxylic acids is 2. The summed E-state index contributed by atoms with van der Waals surface area (Å²) in [5, 5.41) is 2.95. The average molecular weight is 386 g/mol. The van der Waals surface area contributed by atoms with Gasteiger partial charge in [0.15, 0.2) is 0 Å². The molecule has 0 fully saturated rings. The van der Waals surface area contributed by atoms with Crippen molar-refractivity contribution in [2.75, 3.05) is 19.0 Å². The number of rotatable bonds is 3. The number of hydrogen-bond acceptors (Lipinski definition) is 3. The Morgan fingerprint density at radius 3 is 2.59 bits per heavy atom. The highest BCUT2D eigenvalue weighted by Crippen LogP contribution is 2.37. The third kappa shape index (κ3) is 3.72. The van der Waals surface area contributed by atoms with Gasteiger partial charge in [0.1, 0.15) is 12.3 Å². The molecule has 29 heavy (non-hydrogen) atoms. The van der Waals surface area contributed by atoms with Crippen LogP contribution in [0, 0.1) is 6.92 Å². The van der Waals surface area contributed by atoms with E-state index in [4.69, 9.17) is 4.74 Å². The molecule has 1 heterocycles. The Bertz CT molecular complexity index is 1060. The first kappa shape index (κ1) is 18.7. The molecule has 0 spiro atoms. The van der Waals surface area contributed by atoms with E-state index in [0.29, 0.717) is 11.3 Å². The van der Waals surface area contributed by atoms with Crippen LogP contribution in [0.3, 0.4) is 0 Å². The van der Waals surface area contributed by atoms with Crippen molar-refractivity contribution in [2.45, 2.75) is 13.0 Å². The molecule has 0 bridgehead atoms. The van der Waals surface area contributed by atoms with Gasteiger partial charge < -0.3 is 15.0 Å². The SMILES string of the molecule is COc1cccc(C(=O)N2CC(=O)Nc3ccc(C)cc3[C@H]2c2ccccc2)c1. The van der Waals surface area contributed by atoms with Crippen molar-refractivity contribution in [2.24, 2.45) is 0 Å². The van der Waals surface area contributed by atoms with E-state index in [1.54, 1.807) is 36.3 Å². The van der Waals surface area contributed by atoms with Crippen molar-refractivity contribution in [3.05, 3.63) is 95.1 Å². The number of ether oxygens (including phenoxy) is 1. The highest BCUT2D eigenvalue weighted by molar-refractivity contribution is 6.01. The van der Waals surface area contributed by atoms with Crippen molar-refractivity contribution in [3.63, 3.8) is 0 Å². The Hall–Kier alpha value is -3.60. The Labute approximate surface area is 169 Å². The maximum atomic E-state index is 13.5. The number of fused-ring (bicyclic) bond motifs is 1. The Morgan fingerprint density at radius 1 is 1.03 bits per heavy atom. The van der Waals surface area contributed by atoms with Crippen molar-refractivity contribution in [1.29, 1.82) is 0 Å². The maximum Gasteiger partial charge on any atom is 0.255 e. The lowest BCUT2D eigenvalue weighted by atomic mass is 9.94. The molecule has 1 aliphatic rings. The first-order valence-corrected chi connectivity index (χ1v) is 9.47. The molecule has 1 aliphatic heterocycles. The second kappa shape index (κ2) is 7.80. The summed E-state index contributed by atoms with van der Waals surface area (Å²) in [6, 6.07) is 22.3. The largest absolute Gasteiger partial charge is 0.497 e. The van der Waals surface area contributed by atoms with Gasteiger partial charge in [-0.15, -0.1) is 0 Å². The lowest BCUT2D eigenvalue weighted by molar-refractivity contribution is -0.117. The molecule has 146 valence electrons. The fraction of sp³-hybridized carbons (Fsp3) is 0.167. The van der Waals surface area contributed by atoms with Crippen LogP contribution in [0.25, 0.3) is 0 Å². The van der Waals surface area contributed by atoms with Crippen LogP contribution < -0.4 is 10.1 Å². The highest BCUT2D eigenvalue weighted by Gasteiger charge is 2.34. The number of carbonyl (C=O) groups is 2. The van der Waals surface area contributed by atoms with Gasteiger partial charge in [0.05, 0.1) is 13.2 Å². The molecule has 0 aliphatic carbocycles. The van der Waals surface area contributed by atoms with Crippen LogP contribution in [0.4, 0.5) is 5.69 Å². The Kier molecular flexibility index (Phi) is 5.04. The normalized spacial score (nSPS) is 15.9. The molecule has 0 saturated carbocycles. The lowest BCUT2D eigenvalue weighted by Crippen LogP contribution is -2.39. The van der Waals surface area contributed by atoms with Gasteiger partial charge in [-0.2, -0.15) is 0 Å². The molecule has 4 rings (SSSR count). The van der Waals surface area contributed by atoms with Crippen LogP contribution >= 0.6 is 0 Å². The van der Waals surface area contributed by atoms with Gasteiger partial charge in [-0.25, -0.2) is 0 Å². The molecule has 1 atom stereocenters. The summed E-state index contributed by atoms with van der Waals surface area (Å²) in [4.78, 5) is 27.8. The predicted molar refractivity (Wildman–Crippen MR) is 112 cm³/mol. The monoisotopic (exact) mass is 386 g/mol. The lowest BCUT2D eigenvalue weighted by Gasteiger charge is -2.31. The van der Waals surface area contributed by atoms with Gasteiger partial charge in [0.2, 0.25) is 5.91 Å². The maximum absolute atomic E-state index is 13.5. The van der Waals surface area contributed by atoms with E-state index in [1.807, 2.05) is 55.5 Å². The van der Waals surface area contributed by atoms with E-state index < -0.39 is 0 Å². The zero-order valence-corrected chi connectivity index (χ0v) is 16.4. The van der Waals surface area contributed by atoms with Crippen LogP contribution in [0.5, 0.6) is 5.75 Å². The number of benzene rings is 3. The summed E-state index contributed by atoms with van der Waals surface area (Å²) in [6.07, 6.45) is 0. The molecule has 3 aromatic carbocycles. The third-order valence-electron chi connectivity index (χ3n) is 5.09. The van der Waals surface area contributed by atoms with Gasteiger partial charge in [-0.1, -0.05) is 54.1 Å². The van der Waals surface area contributed by atoms with Crippen molar-refractivity contribution in [3.8, 4) is 5.75 Å². The summed E-state index contributed by atoms with van der Waals surface area (Å²) < 4.78 is 5.27. The first-order valence-electron chi connectivity index (χ1n) is 9.47. The number of aryl methyl sites for hydroxylation is 1. The highest BCUT2D eigenvalue weighted by atomic mass is 16.5. The van der Waals surface area contributed by atoms with Crippen LogP contribution in [-0.2, 0) is 4.79 Å². The topological polar surface area (TPSA) is 58.6 Å². The average Bonchev–Trinajstić information content (AvgIpc) is 2.89. The second-order valence-electron chi connectivity index (χ2n) is 7.12.